The summed E-state index contributed by atoms with van der Waals surface area (Å²) < 4.78 is 6.52. The minimum atomic E-state index is -0.179. The van der Waals surface area contributed by atoms with Gasteiger partial charge in [-0.15, -0.1) is 0 Å². The number of aryl methyl sites for hydroxylation is 1. The normalized spacial score (nSPS) is 10.6. The van der Waals surface area contributed by atoms with Crippen molar-refractivity contribution in [2.45, 2.75) is 26.7 Å². The van der Waals surface area contributed by atoms with E-state index >= 15 is 0 Å². The van der Waals surface area contributed by atoms with E-state index in [0.717, 1.165) is 21.5 Å². The van der Waals surface area contributed by atoms with E-state index in [1.807, 2.05) is 43.3 Å². The van der Waals surface area contributed by atoms with Crippen LogP contribution in [0.3, 0.4) is 0 Å². The van der Waals surface area contributed by atoms with Gasteiger partial charge in [0.1, 0.15) is 5.75 Å². The van der Waals surface area contributed by atoms with Crippen LogP contribution in [0.1, 0.15) is 30.9 Å². The van der Waals surface area contributed by atoms with Gasteiger partial charge in [-0.25, -0.2) is 0 Å². The molecule has 0 aromatic heterocycles. The zero-order valence-corrected chi connectivity index (χ0v) is 14.6. The zero-order valence-electron chi connectivity index (χ0n) is 13.0. The quantitative estimate of drug-likeness (QED) is 0.822. The Kier molecular flexibility index (Phi) is 5.61. The Hall–Kier alpha value is -1.81. The fourth-order valence-corrected chi connectivity index (χ4v) is 2.41. The second-order valence-electron chi connectivity index (χ2n) is 5.50. The number of anilines is 1. The molecule has 0 aliphatic carbocycles. The van der Waals surface area contributed by atoms with Crippen LogP contribution in [-0.2, 0) is 4.79 Å². The zero-order chi connectivity index (χ0) is 16.1. The monoisotopic (exact) mass is 361 g/mol. The number of halogens is 1. The molecule has 0 radical (unpaired) electrons. The molecule has 2 aromatic carbocycles. The second kappa shape index (κ2) is 7.45. The number of benzene rings is 2. The lowest BCUT2D eigenvalue weighted by molar-refractivity contribution is -0.118. The molecule has 0 fully saturated rings. The number of carbonyl (C=O) groups is 1. The molecule has 0 aliphatic rings. The number of rotatable bonds is 5. The number of para-hydroxylation sites is 1. The van der Waals surface area contributed by atoms with Gasteiger partial charge in [-0.05, 0) is 58.1 Å². The molecule has 0 saturated heterocycles. The van der Waals surface area contributed by atoms with Crippen LogP contribution < -0.4 is 10.1 Å². The van der Waals surface area contributed by atoms with Gasteiger partial charge in [-0.1, -0.05) is 38.1 Å². The minimum absolute atomic E-state index is 0.0102. The third kappa shape index (κ3) is 4.34. The lowest BCUT2D eigenvalue weighted by Crippen LogP contribution is -2.20. The van der Waals surface area contributed by atoms with Gasteiger partial charge in [0, 0.05) is 4.47 Å². The summed E-state index contributed by atoms with van der Waals surface area (Å²) in [6.45, 7) is 6.23. The van der Waals surface area contributed by atoms with Gasteiger partial charge in [-0.3, -0.25) is 4.79 Å². The van der Waals surface area contributed by atoms with Crippen molar-refractivity contribution >= 4 is 27.5 Å². The minimum Gasteiger partial charge on any atom is -0.483 e. The average Bonchev–Trinajstić information content (AvgIpc) is 2.48. The van der Waals surface area contributed by atoms with E-state index < -0.39 is 0 Å². The molecule has 0 atom stereocenters. The highest BCUT2D eigenvalue weighted by atomic mass is 79.9. The molecule has 2 aromatic rings. The van der Waals surface area contributed by atoms with Crippen LogP contribution in [0.5, 0.6) is 5.75 Å². The van der Waals surface area contributed by atoms with Crippen molar-refractivity contribution in [1.82, 2.24) is 0 Å². The first-order chi connectivity index (χ1) is 10.5. The van der Waals surface area contributed by atoms with E-state index in [1.165, 1.54) is 5.56 Å². The highest BCUT2D eigenvalue weighted by molar-refractivity contribution is 9.10. The summed E-state index contributed by atoms with van der Waals surface area (Å²) in [6.07, 6.45) is 0. The van der Waals surface area contributed by atoms with E-state index in [-0.39, 0.29) is 12.5 Å². The Morgan fingerprint density at radius 3 is 2.64 bits per heavy atom. The van der Waals surface area contributed by atoms with Crippen LogP contribution in [0.4, 0.5) is 5.69 Å². The van der Waals surface area contributed by atoms with Crippen molar-refractivity contribution in [3.05, 3.63) is 58.1 Å². The van der Waals surface area contributed by atoms with Crippen molar-refractivity contribution in [2.24, 2.45) is 0 Å². The first-order valence-electron chi connectivity index (χ1n) is 7.25. The molecule has 3 nitrogen and oxygen atoms in total. The van der Waals surface area contributed by atoms with Crippen molar-refractivity contribution in [3.63, 3.8) is 0 Å². The Morgan fingerprint density at radius 2 is 1.95 bits per heavy atom. The summed E-state index contributed by atoms with van der Waals surface area (Å²) in [5.41, 5.74) is 2.97. The van der Waals surface area contributed by atoms with Gasteiger partial charge in [0.25, 0.3) is 5.91 Å². The molecule has 2 rings (SSSR count). The highest BCUT2D eigenvalue weighted by Crippen LogP contribution is 2.24. The lowest BCUT2D eigenvalue weighted by atomic mass is 10.0. The first kappa shape index (κ1) is 16.6. The van der Waals surface area contributed by atoms with E-state index in [0.29, 0.717) is 5.92 Å². The molecule has 0 unspecified atom stereocenters. The van der Waals surface area contributed by atoms with E-state index in [4.69, 9.17) is 4.74 Å². The number of hydrogen-bond acceptors (Lipinski definition) is 2. The predicted octanol–water partition coefficient (Wildman–Crippen LogP) is 4.90. The van der Waals surface area contributed by atoms with Crippen LogP contribution >= 0.6 is 15.9 Å². The maximum absolute atomic E-state index is 12.0. The Bertz CT molecular complexity index is 668. The molecule has 0 heterocycles. The molecule has 22 heavy (non-hydrogen) atoms. The SMILES string of the molecule is Cc1ccc(C(C)C)cc1OCC(=O)Nc1ccccc1Br. The molecule has 1 amide bonds. The van der Waals surface area contributed by atoms with Crippen LogP contribution in [0, 0.1) is 6.92 Å². The van der Waals surface area contributed by atoms with Gasteiger partial charge in [0.15, 0.2) is 6.61 Å². The second-order valence-corrected chi connectivity index (χ2v) is 6.35. The summed E-state index contributed by atoms with van der Waals surface area (Å²) in [7, 11) is 0. The van der Waals surface area contributed by atoms with Gasteiger partial charge in [-0.2, -0.15) is 0 Å². The van der Waals surface area contributed by atoms with Crippen LogP contribution in [0.2, 0.25) is 0 Å². The maximum Gasteiger partial charge on any atom is 0.262 e. The first-order valence-corrected chi connectivity index (χ1v) is 8.04. The fraction of sp³-hybridized carbons (Fsp3) is 0.278. The van der Waals surface area contributed by atoms with Gasteiger partial charge < -0.3 is 10.1 Å². The lowest BCUT2D eigenvalue weighted by Gasteiger charge is -2.13. The number of nitrogens with one attached hydrogen (secondary N) is 1. The highest BCUT2D eigenvalue weighted by Gasteiger charge is 2.09. The van der Waals surface area contributed by atoms with Gasteiger partial charge >= 0.3 is 0 Å². The fourth-order valence-electron chi connectivity index (χ4n) is 2.02. The predicted molar refractivity (Wildman–Crippen MR) is 93.5 cm³/mol. The maximum atomic E-state index is 12.0. The summed E-state index contributed by atoms with van der Waals surface area (Å²) >= 11 is 3.40. The van der Waals surface area contributed by atoms with Crippen molar-refractivity contribution in [3.8, 4) is 5.75 Å². The molecule has 0 saturated carbocycles. The van der Waals surface area contributed by atoms with Crippen molar-refractivity contribution < 1.29 is 9.53 Å². The number of amides is 1. The molecule has 0 bridgehead atoms. The van der Waals surface area contributed by atoms with E-state index in [2.05, 4.69) is 41.2 Å². The third-order valence-corrected chi connectivity index (χ3v) is 4.08. The molecule has 4 heteroatoms. The van der Waals surface area contributed by atoms with Gasteiger partial charge in [0.05, 0.1) is 5.69 Å². The van der Waals surface area contributed by atoms with Gasteiger partial charge in [0.2, 0.25) is 0 Å². The van der Waals surface area contributed by atoms with E-state index in [1.54, 1.807) is 0 Å². The number of hydrogen-bond donors (Lipinski definition) is 1. The summed E-state index contributed by atoms with van der Waals surface area (Å²) in [5.74, 6) is 1.01. The average molecular weight is 362 g/mol. The van der Waals surface area contributed by atoms with Crippen molar-refractivity contribution in [2.75, 3.05) is 11.9 Å². The molecular formula is C18H20BrNO2. The molecule has 0 aliphatic heterocycles. The molecule has 1 N–H and O–H groups in total. The summed E-state index contributed by atoms with van der Waals surface area (Å²) in [5, 5.41) is 2.83. The van der Waals surface area contributed by atoms with Crippen molar-refractivity contribution in [1.29, 1.82) is 0 Å². The Balaban J connectivity index is 1.99. The third-order valence-electron chi connectivity index (χ3n) is 3.39. The summed E-state index contributed by atoms with van der Waals surface area (Å²) in [6, 6.07) is 13.6. The van der Waals surface area contributed by atoms with Crippen LogP contribution in [0.25, 0.3) is 0 Å². The number of carbonyl (C=O) groups excluding carboxylic acids is 1. The summed E-state index contributed by atoms with van der Waals surface area (Å²) in [4.78, 5) is 12.0. The standard InChI is InChI=1S/C18H20BrNO2/c1-12(2)14-9-8-13(3)17(10-14)22-11-18(21)20-16-7-5-4-6-15(16)19/h4-10,12H,11H2,1-3H3,(H,20,21). The van der Waals surface area contributed by atoms with E-state index in [9.17, 15) is 4.79 Å². The van der Waals surface area contributed by atoms with Crippen LogP contribution in [-0.4, -0.2) is 12.5 Å². The number of ether oxygens (including phenoxy) is 1. The largest absolute Gasteiger partial charge is 0.483 e. The smallest absolute Gasteiger partial charge is 0.262 e. The topological polar surface area (TPSA) is 38.3 Å². The Labute approximate surface area is 139 Å². The Morgan fingerprint density at radius 1 is 1.23 bits per heavy atom. The molecule has 0 spiro atoms. The molecule has 116 valence electrons. The molecular weight excluding hydrogens is 342 g/mol. The van der Waals surface area contributed by atoms with Crippen LogP contribution in [0.15, 0.2) is 46.9 Å².